The Kier molecular flexibility index (Phi) is 5.63. The highest BCUT2D eigenvalue weighted by atomic mass is 32.2. The van der Waals surface area contributed by atoms with E-state index in [1.165, 1.54) is 11.3 Å². The second-order valence-electron chi connectivity index (χ2n) is 5.93. The molecule has 0 fully saturated rings. The zero-order valence-electron chi connectivity index (χ0n) is 14.6. The molecule has 0 spiro atoms. The lowest BCUT2D eigenvalue weighted by molar-refractivity contribution is -0.119. The van der Waals surface area contributed by atoms with Crippen molar-refractivity contribution in [2.24, 2.45) is 0 Å². The summed E-state index contributed by atoms with van der Waals surface area (Å²) in [7, 11) is 0. The monoisotopic (exact) mass is 388 g/mol. The Morgan fingerprint density at radius 1 is 1.38 bits per heavy atom. The molecule has 0 saturated carbocycles. The smallest absolute Gasteiger partial charge is 0.282 e. The van der Waals surface area contributed by atoms with Crippen molar-refractivity contribution in [2.75, 3.05) is 11.6 Å². The van der Waals surface area contributed by atoms with Gasteiger partial charge >= 0.3 is 0 Å². The molecule has 3 rings (SSSR count). The Morgan fingerprint density at radius 3 is 2.81 bits per heavy atom. The van der Waals surface area contributed by atoms with E-state index in [2.05, 4.69) is 10.3 Å². The van der Waals surface area contributed by atoms with Crippen LogP contribution < -0.4 is 16.7 Å². The van der Waals surface area contributed by atoms with Crippen LogP contribution in [0.1, 0.15) is 20.3 Å². The fourth-order valence-electron chi connectivity index (χ4n) is 2.47. The summed E-state index contributed by atoms with van der Waals surface area (Å²) in [6.45, 7) is 3.95. The first-order chi connectivity index (χ1) is 12.5. The third-order valence-corrected chi connectivity index (χ3v) is 5.87. The lowest BCUT2D eigenvalue weighted by atomic mass is 10.1. The molecule has 26 heavy (non-hydrogen) atoms. The number of nitrogens with one attached hydrogen (secondary N) is 1. The number of aromatic nitrogens is 2. The molecule has 0 unspecified atom stereocenters. The fourth-order valence-corrected chi connectivity index (χ4v) is 4.18. The summed E-state index contributed by atoms with van der Waals surface area (Å²) >= 11 is 2.56. The number of nitrogens with zero attached hydrogens (tertiary/aromatic N) is 2. The number of rotatable bonds is 6. The van der Waals surface area contributed by atoms with Gasteiger partial charge in [-0.1, -0.05) is 49.0 Å². The van der Waals surface area contributed by atoms with E-state index < -0.39 is 0 Å². The van der Waals surface area contributed by atoms with E-state index in [9.17, 15) is 9.59 Å². The van der Waals surface area contributed by atoms with E-state index in [1.807, 2.05) is 49.6 Å². The number of thioether (sulfide) groups is 1. The Hall–Kier alpha value is -2.32. The van der Waals surface area contributed by atoms with Crippen LogP contribution in [0, 0.1) is 0 Å². The molecule has 0 radical (unpaired) electrons. The van der Waals surface area contributed by atoms with Crippen LogP contribution in [0.3, 0.4) is 0 Å². The Labute approximate surface area is 159 Å². The third-order valence-electron chi connectivity index (χ3n) is 4.04. The van der Waals surface area contributed by atoms with Gasteiger partial charge < -0.3 is 11.2 Å². The molecule has 0 aliphatic heterocycles. The molecule has 136 valence electrons. The van der Waals surface area contributed by atoms with E-state index in [0.29, 0.717) is 15.4 Å². The number of fused-ring (bicyclic) bond motifs is 1. The van der Waals surface area contributed by atoms with Gasteiger partial charge in [0.25, 0.3) is 5.56 Å². The lowest BCUT2D eigenvalue weighted by Gasteiger charge is -2.11. The molecule has 2 aromatic heterocycles. The third kappa shape index (κ3) is 3.76. The molecule has 0 bridgehead atoms. The standard InChI is InChI=1S/C18H20N4O2S2/c1-3-11(2)20-14(23)10-26-18-21-16-15(17(24)22(18)19)13(9-25-16)12-7-5-4-6-8-12/h4-9,11H,3,10,19H2,1-2H3,(H,20,23)/t11-/m0/s1. The minimum atomic E-state index is -0.306. The molecule has 0 aliphatic carbocycles. The molecule has 6 nitrogen and oxygen atoms in total. The van der Waals surface area contributed by atoms with E-state index in [0.717, 1.165) is 34.0 Å². The van der Waals surface area contributed by atoms with Crippen molar-refractivity contribution in [3.05, 3.63) is 46.1 Å². The number of thiophene rings is 1. The highest BCUT2D eigenvalue weighted by Gasteiger charge is 2.17. The lowest BCUT2D eigenvalue weighted by Crippen LogP contribution is -2.34. The summed E-state index contributed by atoms with van der Waals surface area (Å²) in [5.74, 6) is 6.02. The van der Waals surface area contributed by atoms with Gasteiger partial charge in [0.05, 0.1) is 11.1 Å². The van der Waals surface area contributed by atoms with E-state index in [1.54, 1.807) is 0 Å². The molecular weight excluding hydrogens is 368 g/mol. The minimum absolute atomic E-state index is 0.102. The van der Waals surface area contributed by atoms with Gasteiger partial charge in [0.1, 0.15) is 4.83 Å². The normalized spacial score (nSPS) is 12.2. The van der Waals surface area contributed by atoms with Crippen LogP contribution in [0.15, 0.2) is 45.7 Å². The van der Waals surface area contributed by atoms with Crippen molar-refractivity contribution in [3.63, 3.8) is 0 Å². The van der Waals surface area contributed by atoms with Gasteiger partial charge in [-0.25, -0.2) is 9.66 Å². The summed E-state index contributed by atoms with van der Waals surface area (Å²) in [6.07, 6.45) is 0.861. The van der Waals surface area contributed by atoms with Crippen molar-refractivity contribution < 1.29 is 4.79 Å². The highest BCUT2D eigenvalue weighted by Crippen LogP contribution is 2.31. The van der Waals surface area contributed by atoms with Crippen LogP contribution >= 0.6 is 23.1 Å². The first-order valence-electron chi connectivity index (χ1n) is 8.28. The Morgan fingerprint density at radius 2 is 2.12 bits per heavy atom. The summed E-state index contributed by atoms with van der Waals surface area (Å²) in [5.41, 5.74) is 1.47. The molecule has 1 amide bonds. The maximum atomic E-state index is 12.8. The predicted molar refractivity (Wildman–Crippen MR) is 108 cm³/mol. The number of nitrogens with two attached hydrogens (primary N) is 1. The van der Waals surface area contributed by atoms with Crippen LogP contribution in [-0.4, -0.2) is 27.4 Å². The second-order valence-corrected chi connectivity index (χ2v) is 7.73. The van der Waals surface area contributed by atoms with Gasteiger partial charge in [-0.15, -0.1) is 11.3 Å². The number of benzene rings is 1. The summed E-state index contributed by atoms with van der Waals surface area (Å²) in [4.78, 5) is 29.8. The molecule has 1 atom stereocenters. The zero-order chi connectivity index (χ0) is 18.7. The maximum Gasteiger partial charge on any atom is 0.282 e. The maximum absolute atomic E-state index is 12.8. The SMILES string of the molecule is CC[C@H](C)NC(=O)CSc1nc2scc(-c3ccccc3)c2c(=O)n1N. The van der Waals surface area contributed by atoms with Crippen molar-refractivity contribution in [1.82, 2.24) is 15.0 Å². The summed E-state index contributed by atoms with van der Waals surface area (Å²) in [6, 6.07) is 9.79. The Bertz CT molecular complexity index is 982. The molecule has 3 N–H and O–H groups in total. The van der Waals surface area contributed by atoms with E-state index in [4.69, 9.17) is 5.84 Å². The largest absolute Gasteiger partial charge is 0.353 e. The average molecular weight is 389 g/mol. The molecule has 0 saturated heterocycles. The molecular formula is C18H20N4O2S2. The number of carbonyl (C=O) groups is 1. The van der Waals surface area contributed by atoms with Crippen molar-refractivity contribution in [1.29, 1.82) is 0 Å². The van der Waals surface area contributed by atoms with Crippen LogP contribution in [0.5, 0.6) is 0 Å². The van der Waals surface area contributed by atoms with Gasteiger partial charge in [0.2, 0.25) is 5.91 Å². The average Bonchev–Trinajstić information content (AvgIpc) is 3.08. The number of carbonyl (C=O) groups excluding carboxylic acids is 1. The van der Waals surface area contributed by atoms with E-state index in [-0.39, 0.29) is 23.3 Å². The Balaban J connectivity index is 1.89. The topological polar surface area (TPSA) is 90.0 Å². The van der Waals surface area contributed by atoms with Gasteiger partial charge in [0.15, 0.2) is 5.16 Å². The molecule has 8 heteroatoms. The van der Waals surface area contributed by atoms with Gasteiger partial charge in [-0.05, 0) is 18.9 Å². The fraction of sp³-hybridized carbons (Fsp3) is 0.278. The predicted octanol–water partition coefficient (Wildman–Crippen LogP) is 2.85. The number of amides is 1. The minimum Gasteiger partial charge on any atom is -0.353 e. The van der Waals surface area contributed by atoms with Gasteiger partial charge in [0, 0.05) is 17.0 Å². The van der Waals surface area contributed by atoms with Crippen molar-refractivity contribution in [3.8, 4) is 11.1 Å². The molecule has 2 heterocycles. The number of hydrogen-bond acceptors (Lipinski definition) is 6. The van der Waals surface area contributed by atoms with E-state index >= 15 is 0 Å². The van der Waals surface area contributed by atoms with Crippen molar-refractivity contribution in [2.45, 2.75) is 31.5 Å². The summed E-state index contributed by atoms with van der Waals surface area (Å²) in [5, 5.41) is 5.65. The van der Waals surface area contributed by atoms with Crippen LogP contribution in [0.25, 0.3) is 21.3 Å². The van der Waals surface area contributed by atoms with Crippen LogP contribution in [0.4, 0.5) is 0 Å². The second kappa shape index (κ2) is 7.92. The van der Waals surface area contributed by atoms with Crippen LogP contribution in [0.2, 0.25) is 0 Å². The number of nitrogen functional groups attached to an aromatic ring is 1. The first kappa shape index (κ1) is 18.5. The quantitative estimate of drug-likeness (QED) is 0.385. The van der Waals surface area contributed by atoms with Crippen LogP contribution in [-0.2, 0) is 4.79 Å². The van der Waals surface area contributed by atoms with Gasteiger partial charge in [-0.3, -0.25) is 9.59 Å². The van der Waals surface area contributed by atoms with Crippen molar-refractivity contribution >= 4 is 39.2 Å². The summed E-state index contributed by atoms with van der Waals surface area (Å²) < 4.78 is 1.03. The molecule has 0 aliphatic rings. The highest BCUT2D eigenvalue weighted by molar-refractivity contribution is 7.99. The molecule has 3 aromatic rings. The van der Waals surface area contributed by atoms with Gasteiger partial charge in [-0.2, -0.15) is 0 Å². The first-order valence-corrected chi connectivity index (χ1v) is 10.1. The molecule has 1 aromatic carbocycles. The zero-order valence-corrected chi connectivity index (χ0v) is 16.2. The number of hydrogen-bond donors (Lipinski definition) is 2.